The third-order valence-electron chi connectivity index (χ3n) is 4.10. The highest BCUT2D eigenvalue weighted by Gasteiger charge is 2.49. The Kier molecular flexibility index (Phi) is 2.69. The van der Waals surface area contributed by atoms with E-state index in [2.05, 4.69) is 41.6 Å². The summed E-state index contributed by atoms with van der Waals surface area (Å²) >= 11 is 2.26. The maximum atomic E-state index is 11.0. The standard InChI is InChI=1S/C13H14INO3/c1-13-4-5-15(12(16)17)7-11(13)18-10-6-8(14)2-3-9(10)13/h2-3,6,11H,4-5,7H2,1H3,(H,16,17). The maximum absolute atomic E-state index is 11.0. The first-order valence-electron chi connectivity index (χ1n) is 5.95. The van der Waals surface area contributed by atoms with Gasteiger partial charge in [0, 0.05) is 21.1 Å². The number of ether oxygens (including phenoxy) is 1. The maximum Gasteiger partial charge on any atom is 0.407 e. The molecule has 0 aliphatic carbocycles. The summed E-state index contributed by atoms with van der Waals surface area (Å²) in [4.78, 5) is 12.5. The molecular weight excluding hydrogens is 345 g/mol. The molecule has 18 heavy (non-hydrogen) atoms. The van der Waals surface area contributed by atoms with E-state index in [1.807, 2.05) is 6.07 Å². The van der Waals surface area contributed by atoms with Gasteiger partial charge < -0.3 is 14.7 Å². The summed E-state index contributed by atoms with van der Waals surface area (Å²) in [5.41, 5.74) is 1.17. The lowest BCUT2D eigenvalue weighted by Crippen LogP contribution is -2.52. The van der Waals surface area contributed by atoms with E-state index >= 15 is 0 Å². The Hall–Kier alpha value is -0.980. The third kappa shape index (κ3) is 1.67. The zero-order chi connectivity index (χ0) is 12.9. The first kappa shape index (κ1) is 12.1. The molecule has 1 saturated heterocycles. The number of nitrogens with zero attached hydrogens (tertiary/aromatic N) is 1. The van der Waals surface area contributed by atoms with Crippen LogP contribution in [0.2, 0.25) is 0 Å². The molecule has 2 unspecified atom stereocenters. The van der Waals surface area contributed by atoms with E-state index < -0.39 is 6.09 Å². The van der Waals surface area contributed by atoms with Crippen molar-refractivity contribution in [3.05, 3.63) is 27.3 Å². The fourth-order valence-corrected chi connectivity index (χ4v) is 3.35. The highest BCUT2D eigenvalue weighted by atomic mass is 127. The zero-order valence-electron chi connectivity index (χ0n) is 10.0. The number of likely N-dealkylation sites (tertiary alicyclic amines) is 1. The minimum atomic E-state index is -0.855. The van der Waals surface area contributed by atoms with Crippen molar-refractivity contribution in [1.82, 2.24) is 4.90 Å². The van der Waals surface area contributed by atoms with Crippen molar-refractivity contribution in [2.45, 2.75) is 24.9 Å². The topological polar surface area (TPSA) is 49.8 Å². The van der Waals surface area contributed by atoms with Crippen LogP contribution in [0.4, 0.5) is 4.79 Å². The number of fused-ring (bicyclic) bond motifs is 3. The van der Waals surface area contributed by atoms with Crippen molar-refractivity contribution in [2.24, 2.45) is 0 Å². The number of piperidine rings is 1. The molecule has 5 heteroatoms. The van der Waals surface area contributed by atoms with Gasteiger partial charge in [-0.3, -0.25) is 0 Å². The molecule has 1 aromatic rings. The van der Waals surface area contributed by atoms with Crippen LogP contribution in [0.15, 0.2) is 18.2 Å². The second-order valence-electron chi connectivity index (χ2n) is 5.14. The van der Waals surface area contributed by atoms with Crippen LogP contribution in [0.3, 0.4) is 0 Å². The van der Waals surface area contributed by atoms with Crippen molar-refractivity contribution < 1.29 is 14.6 Å². The van der Waals surface area contributed by atoms with Gasteiger partial charge in [-0.1, -0.05) is 13.0 Å². The Balaban J connectivity index is 1.95. The highest BCUT2D eigenvalue weighted by Crippen LogP contribution is 2.47. The number of halogens is 1. The van der Waals surface area contributed by atoms with Crippen molar-refractivity contribution in [3.63, 3.8) is 0 Å². The first-order chi connectivity index (χ1) is 8.50. The molecule has 1 amide bonds. The Morgan fingerprint density at radius 1 is 1.61 bits per heavy atom. The first-order valence-corrected chi connectivity index (χ1v) is 7.03. The second-order valence-corrected chi connectivity index (χ2v) is 6.39. The van der Waals surface area contributed by atoms with Gasteiger partial charge in [0.25, 0.3) is 0 Å². The zero-order valence-corrected chi connectivity index (χ0v) is 12.2. The van der Waals surface area contributed by atoms with Gasteiger partial charge in [0.2, 0.25) is 0 Å². The van der Waals surface area contributed by atoms with E-state index in [9.17, 15) is 4.79 Å². The monoisotopic (exact) mass is 359 g/mol. The van der Waals surface area contributed by atoms with Gasteiger partial charge in [-0.2, -0.15) is 0 Å². The van der Waals surface area contributed by atoms with Crippen LogP contribution >= 0.6 is 22.6 Å². The number of carbonyl (C=O) groups is 1. The van der Waals surface area contributed by atoms with Crippen molar-refractivity contribution in [3.8, 4) is 5.75 Å². The number of rotatable bonds is 0. The average Bonchev–Trinajstić information content (AvgIpc) is 2.59. The molecule has 1 aromatic carbocycles. The van der Waals surface area contributed by atoms with Crippen molar-refractivity contribution in [2.75, 3.05) is 13.1 Å². The molecule has 2 aliphatic rings. The summed E-state index contributed by atoms with van der Waals surface area (Å²) in [6, 6.07) is 6.23. The SMILES string of the molecule is CC12CCN(C(=O)O)CC1Oc1cc(I)ccc12. The molecule has 0 spiro atoms. The summed E-state index contributed by atoms with van der Waals surface area (Å²) in [6.45, 7) is 3.21. The van der Waals surface area contributed by atoms with Gasteiger partial charge in [0.1, 0.15) is 11.9 Å². The molecular formula is C13H14INO3. The summed E-state index contributed by atoms with van der Waals surface area (Å²) in [6.07, 6.45) is -0.0980. The quantitative estimate of drug-likeness (QED) is 0.725. The molecule has 0 bridgehead atoms. The molecule has 1 fully saturated rings. The predicted molar refractivity (Wildman–Crippen MR) is 75.1 cm³/mol. The average molecular weight is 359 g/mol. The molecule has 0 radical (unpaired) electrons. The largest absolute Gasteiger partial charge is 0.487 e. The summed E-state index contributed by atoms with van der Waals surface area (Å²) in [7, 11) is 0. The highest BCUT2D eigenvalue weighted by molar-refractivity contribution is 14.1. The molecule has 2 aliphatic heterocycles. The number of amides is 1. The van der Waals surface area contributed by atoms with E-state index in [-0.39, 0.29) is 11.5 Å². The summed E-state index contributed by atoms with van der Waals surface area (Å²) < 4.78 is 7.11. The molecule has 0 aromatic heterocycles. The Morgan fingerprint density at radius 2 is 2.39 bits per heavy atom. The normalized spacial score (nSPS) is 29.4. The van der Waals surface area contributed by atoms with E-state index in [1.54, 1.807) is 0 Å². The summed E-state index contributed by atoms with van der Waals surface area (Å²) in [5, 5.41) is 9.07. The van der Waals surface area contributed by atoms with Crippen LogP contribution in [0.5, 0.6) is 5.75 Å². The molecule has 2 atom stereocenters. The number of hydrogen-bond acceptors (Lipinski definition) is 2. The smallest absolute Gasteiger partial charge is 0.407 e. The predicted octanol–water partition coefficient (Wildman–Crippen LogP) is 2.69. The van der Waals surface area contributed by atoms with Crippen LogP contribution in [-0.4, -0.2) is 35.3 Å². The molecule has 1 N–H and O–H groups in total. The Labute approximate surface area is 119 Å². The van der Waals surface area contributed by atoms with Crippen LogP contribution in [0.25, 0.3) is 0 Å². The molecule has 96 valence electrons. The van der Waals surface area contributed by atoms with Crippen LogP contribution in [0.1, 0.15) is 18.9 Å². The molecule has 2 heterocycles. The summed E-state index contributed by atoms with van der Waals surface area (Å²) in [5.74, 6) is 0.918. The minimum absolute atomic E-state index is 0.0500. The minimum Gasteiger partial charge on any atom is -0.487 e. The lowest BCUT2D eigenvalue weighted by molar-refractivity contribution is 0.0502. The van der Waals surface area contributed by atoms with E-state index in [4.69, 9.17) is 9.84 Å². The van der Waals surface area contributed by atoms with Gasteiger partial charge in [-0.05, 0) is 41.1 Å². The lowest BCUT2D eigenvalue weighted by atomic mass is 9.74. The second kappa shape index (κ2) is 4.01. The lowest BCUT2D eigenvalue weighted by Gasteiger charge is -2.39. The van der Waals surface area contributed by atoms with Gasteiger partial charge in [0.05, 0.1) is 6.54 Å². The van der Waals surface area contributed by atoms with Gasteiger partial charge in [-0.15, -0.1) is 0 Å². The van der Waals surface area contributed by atoms with Crippen molar-refractivity contribution >= 4 is 28.7 Å². The number of benzene rings is 1. The number of carboxylic acid groups (broad SMARTS) is 1. The number of hydrogen-bond donors (Lipinski definition) is 1. The fourth-order valence-electron chi connectivity index (χ4n) is 2.89. The molecule has 3 rings (SSSR count). The van der Waals surface area contributed by atoms with Gasteiger partial charge in [-0.25, -0.2) is 4.79 Å². The van der Waals surface area contributed by atoms with E-state index in [0.29, 0.717) is 13.1 Å². The molecule has 0 saturated carbocycles. The van der Waals surface area contributed by atoms with Crippen LogP contribution in [-0.2, 0) is 5.41 Å². The van der Waals surface area contributed by atoms with E-state index in [1.165, 1.54) is 10.5 Å². The van der Waals surface area contributed by atoms with Crippen molar-refractivity contribution in [1.29, 1.82) is 0 Å². The van der Waals surface area contributed by atoms with Crippen LogP contribution < -0.4 is 4.74 Å². The van der Waals surface area contributed by atoms with E-state index in [0.717, 1.165) is 15.7 Å². The van der Waals surface area contributed by atoms with Crippen LogP contribution in [0, 0.1) is 3.57 Å². The third-order valence-corrected chi connectivity index (χ3v) is 4.77. The molecule has 4 nitrogen and oxygen atoms in total. The van der Waals surface area contributed by atoms with Gasteiger partial charge in [0.15, 0.2) is 0 Å². The Morgan fingerprint density at radius 3 is 3.11 bits per heavy atom. The fraction of sp³-hybridized carbons (Fsp3) is 0.462. The van der Waals surface area contributed by atoms with Gasteiger partial charge >= 0.3 is 6.09 Å². The Bertz CT molecular complexity index is 519.